The monoisotopic (exact) mass is 385 g/mol. The highest BCUT2D eigenvalue weighted by atomic mass is 35.5. The summed E-state index contributed by atoms with van der Waals surface area (Å²) in [5.41, 5.74) is 0.131. The van der Waals surface area contributed by atoms with Crippen molar-refractivity contribution in [3.8, 4) is 34.4 Å². The Kier molecular flexibility index (Phi) is 4.35. The molecule has 0 fully saturated rings. The number of thiophene rings is 1. The highest BCUT2D eigenvalue weighted by molar-refractivity contribution is 7.17. The van der Waals surface area contributed by atoms with Gasteiger partial charge in [0.25, 0.3) is 0 Å². The number of halogens is 4. The summed E-state index contributed by atoms with van der Waals surface area (Å²) < 4.78 is 15.5. The van der Waals surface area contributed by atoms with Crippen molar-refractivity contribution in [1.29, 1.82) is 0 Å². The molecule has 0 aliphatic rings. The van der Waals surface area contributed by atoms with E-state index in [0.29, 0.717) is 25.6 Å². The highest BCUT2D eigenvalue weighted by Gasteiger charge is 2.22. The van der Waals surface area contributed by atoms with Crippen LogP contribution in [0.4, 0.5) is 4.39 Å². The van der Waals surface area contributed by atoms with Crippen LogP contribution in [0.2, 0.25) is 15.1 Å². The molecule has 3 rings (SSSR count). The summed E-state index contributed by atoms with van der Waals surface area (Å²) in [6, 6.07) is 4.38. The summed E-state index contributed by atoms with van der Waals surface area (Å²) in [6.45, 7) is 0. The van der Waals surface area contributed by atoms with Gasteiger partial charge in [-0.15, -0.1) is 17.8 Å². The Labute approximate surface area is 150 Å². The van der Waals surface area contributed by atoms with Crippen LogP contribution < -0.4 is 0 Å². The predicted octanol–water partition coefficient (Wildman–Crippen LogP) is 5.29. The molecule has 1 aromatic carbocycles. The third kappa shape index (κ3) is 2.73. The van der Waals surface area contributed by atoms with Crippen LogP contribution in [0, 0.1) is 18.2 Å². The van der Waals surface area contributed by atoms with E-state index in [0.717, 1.165) is 0 Å². The highest BCUT2D eigenvalue weighted by Crippen LogP contribution is 2.42. The average molecular weight is 387 g/mol. The van der Waals surface area contributed by atoms with Crippen molar-refractivity contribution in [3.05, 3.63) is 44.0 Å². The molecule has 0 N–H and O–H groups in total. The molecule has 0 bridgehead atoms. The van der Waals surface area contributed by atoms with Crippen LogP contribution in [0.3, 0.4) is 0 Å². The summed E-state index contributed by atoms with van der Waals surface area (Å²) in [6.07, 6.45) is 5.39. The molecule has 0 spiro atoms. The summed E-state index contributed by atoms with van der Waals surface area (Å²) in [5, 5.41) is 5.03. The average Bonchev–Trinajstić information content (AvgIpc) is 3.01. The van der Waals surface area contributed by atoms with Crippen LogP contribution in [0.15, 0.2) is 18.2 Å². The van der Waals surface area contributed by atoms with Crippen molar-refractivity contribution in [2.75, 3.05) is 0 Å². The van der Waals surface area contributed by atoms with Crippen LogP contribution in [-0.2, 0) is 7.05 Å². The maximum Gasteiger partial charge on any atom is 0.186 e. The second-order valence-corrected chi connectivity index (χ2v) is 6.70. The Balaban J connectivity index is 2.19. The minimum Gasteiger partial charge on any atom is -0.248 e. The Morgan fingerprint density at radius 3 is 2.61 bits per heavy atom. The molecule has 0 radical (unpaired) electrons. The second-order valence-electron chi connectivity index (χ2n) is 4.51. The molecule has 0 aliphatic carbocycles. The first-order valence-electron chi connectivity index (χ1n) is 6.24. The zero-order chi connectivity index (χ0) is 16.7. The van der Waals surface area contributed by atoms with E-state index in [4.69, 9.17) is 41.2 Å². The van der Waals surface area contributed by atoms with Crippen LogP contribution in [0.25, 0.3) is 22.1 Å². The fraction of sp³-hybridized carbons (Fsp3) is 0.0667. The van der Waals surface area contributed by atoms with E-state index in [-0.39, 0.29) is 16.4 Å². The maximum absolute atomic E-state index is 14.0. The lowest BCUT2D eigenvalue weighted by molar-refractivity contribution is 0.629. The van der Waals surface area contributed by atoms with E-state index in [1.807, 2.05) is 0 Å². The van der Waals surface area contributed by atoms with Crippen LogP contribution in [0.5, 0.6) is 0 Å². The summed E-state index contributed by atoms with van der Waals surface area (Å²) in [4.78, 5) is 5.42. The van der Waals surface area contributed by atoms with Crippen molar-refractivity contribution >= 4 is 46.1 Å². The number of aryl methyl sites for hydroxylation is 1. The van der Waals surface area contributed by atoms with E-state index < -0.39 is 5.82 Å². The molecular formula is C15H7Cl3FN3S. The molecule has 2 aromatic heterocycles. The molecule has 0 atom stereocenters. The number of nitrogens with zero attached hydrogens (tertiary/aromatic N) is 3. The fourth-order valence-corrected chi connectivity index (χ4v) is 3.86. The SMILES string of the molecule is C#Cc1sc(-c2nc(-c3c(F)cccc3Cl)nn2C)c(Cl)c1Cl. The first kappa shape index (κ1) is 16.3. The number of hydrogen-bond acceptors (Lipinski definition) is 3. The lowest BCUT2D eigenvalue weighted by Gasteiger charge is -1.99. The van der Waals surface area contributed by atoms with Gasteiger partial charge in [-0.1, -0.05) is 46.8 Å². The predicted molar refractivity (Wildman–Crippen MR) is 92.7 cm³/mol. The largest absolute Gasteiger partial charge is 0.248 e. The molecule has 0 saturated heterocycles. The smallest absolute Gasteiger partial charge is 0.186 e. The first-order valence-corrected chi connectivity index (χ1v) is 8.19. The Morgan fingerprint density at radius 1 is 1.26 bits per heavy atom. The number of aromatic nitrogens is 3. The van der Waals surface area contributed by atoms with Crippen molar-refractivity contribution < 1.29 is 4.39 Å². The van der Waals surface area contributed by atoms with Gasteiger partial charge < -0.3 is 0 Å². The molecule has 8 heteroatoms. The number of terminal acetylenes is 1. The molecule has 23 heavy (non-hydrogen) atoms. The number of rotatable bonds is 2. The van der Waals surface area contributed by atoms with Crippen molar-refractivity contribution in [1.82, 2.24) is 14.8 Å². The quantitative estimate of drug-likeness (QED) is 0.560. The van der Waals surface area contributed by atoms with Gasteiger partial charge >= 0.3 is 0 Å². The third-order valence-electron chi connectivity index (χ3n) is 3.08. The molecule has 3 aromatic rings. The van der Waals surface area contributed by atoms with Crippen LogP contribution in [0.1, 0.15) is 4.88 Å². The van der Waals surface area contributed by atoms with E-state index in [1.54, 1.807) is 13.1 Å². The van der Waals surface area contributed by atoms with Gasteiger partial charge in [0.2, 0.25) is 0 Å². The summed E-state index contributed by atoms with van der Waals surface area (Å²) >= 11 is 19.6. The van der Waals surface area contributed by atoms with Crippen molar-refractivity contribution in [2.45, 2.75) is 0 Å². The lowest BCUT2D eigenvalue weighted by atomic mass is 10.2. The standard InChI is InChI=1S/C15H7Cl3FN3S/c1-3-9-11(17)12(18)13(23-9)15-20-14(21-22(15)2)10-7(16)5-4-6-8(10)19/h1,4-6H,2H3. The van der Waals surface area contributed by atoms with Crippen LogP contribution in [-0.4, -0.2) is 14.8 Å². The van der Waals surface area contributed by atoms with Gasteiger partial charge in [0.15, 0.2) is 11.6 Å². The molecule has 0 unspecified atom stereocenters. The Hall–Kier alpha value is -1.58. The Bertz CT molecular complexity index is 936. The van der Waals surface area contributed by atoms with Gasteiger partial charge in [0, 0.05) is 7.05 Å². The molecule has 0 saturated carbocycles. The maximum atomic E-state index is 14.0. The molecule has 0 aliphatic heterocycles. The van der Waals surface area contributed by atoms with Gasteiger partial charge in [-0.3, -0.25) is 0 Å². The third-order valence-corrected chi connectivity index (χ3v) is 5.59. The zero-order valence-corrected chi connectivity index (χ0v) is 14.7. The minimum atomic E-state index is -0.505. The topological polar surface area (TPSA) is 30.7 Å². The van der Waals surface area contributed by atoms with E-state index in [2.05, 4.69) is 16.0 Å². The van der Waals surface area contributed by atoms with Gasteiger partial charge in [-0.05, 0) is 12.1 Å². The fourth-order valence-electron chi connectivity index (χ4n) is 2.03. The van der Waals surface area contributed by atoms with Crippen molar-refractivity contribution in [2.24, 2.45) is 7.05 Å². The first-order chi connectivity index (χ1) is 10.9. The van der Waals surface area contributed by atoms with E-state index in [9.17, 15) is 4.39 Å². The van der Waals surface area contributed by atoms with Gasteiger partial charge in [-0.2, -0.15) is 5.10 Å². The summed E-state index contributed by atoms with van der Waals surface area (Å²) in [7, 11) is 1.67. The normalized spacial score (nSPS) is 10.8. The van der Waals surface area contributed by atoms with Crippen molar-refractivity contribution in [3.63, 3.8) is 0 Å². The Morgan fingerprint density at radius 2 is 2.00 bits per heavy atom. The molecule has 3 nitrogen and oxygen atoms in total. The number of hydrogen-bond donors (Lipinski definition) is 0. The lowest BCUT2D eigenvalue weighted by Crippen LogP contribution is -1.93. The molecule has 116 valence electrons. The molecule has 0 amide bonds. The van der Waals surface area contributed by atoms with Gasteiger partial charge in [-0.25, -0.2) is 14.1 Å². The summed E-state index contributed by atoms with van der Waals surface area (Å²) in [5.74, 6) is 2.55. The molecular weight excluding hydrogens is 380 g/mol. The number of benzene rings is 1. The second kappa shape index (κ2) is 6.14. The van der Waals surface area contributed by atoms with E-state index >= 15 is 0 Å². The zero-order valence-electron chi connectivity index (χ0n) is 11.6. The van der Waals surface area contributed by atoms with Gasteiger partial charge in [0.1, 0.15) is 5.82 Å². The van der Waals surface area contributed by atoms with E-state index in [1.165, 1.54) is 28.2 Å². The minimum absolute atomic E-state index is 0.131. The van der Waals surface area contributed by atoms with Gasteiger partial charge in [0.05, 0.1) is 30.4 Å². The molecule has 2 heterocycles. The van der Waals surface area contributed by atoms with Crippen LogP contribution >= 0.6 is 46.1 Å².